The van der Waals surface area contributed by atoms with Gasteiger partial charge in [0.15, 0.2) is 0 Å². The highest BCUT2D eigenvalue weighted by Gasteiger charge is 2.26. The van der Waals surface area contributed by atoms with Crippen LogP contribution in [0.4, 0.5) is 8.78 Å². The van der Waals surface area contributed by atoms with Gasteiger partial charge < -0.3 is 30.0 Å². The molecule has 1 saturated heterocycles. The molecule has 7 rings (SSSR count). The van der Waals surface area contributed by atoms with E-state index in [1.54, 1.807) is 6.07 Å². The molecule has 10 nitrogen and oxygen atoms in total. The van der Waals surface area contributed by atoms with Crippen LogP contribution in [0, 0.1) is 11.6 Å². The Labute approximate surface area is 295 Å². The van der Waals surface area contributed by atoms with Crippen molar-refractivity contribution in [1.29, 1.82) is 0 Å². The van der Waals surface area contributed by atoms with Crippen LogP contribution in [0.25, 0.3) is 16.8 Å². The van der Waals surface area contributed by atoms with Crippen molar-refractivity contribution >= 4 is 17.5 Å². The lowest BCUT2D eigenvalue weighted by atomic mass is 9.91. The zero-order valence-corrected chi connectivity index (χ0v) is 28.3. The quantitative estimate of drug-likeness (QED) is 0.161. The molecule has 2 aromatic carbocycles. The summed E-state index contributed by atoms with van der Waals surface area (Å²) in [5.74, 6) is -1.39. The van der Waals surface area contributed by atoms with Crippen molar-refractivity contribution in [3.8, 4) is 22.8 Å². The summed E-state index contributed by atoms with van der Waals surface area (Å²) in [6.45, 7) is 5.46. The number of piperazine rings is 1. The van der Waals surface area contributed by atoms with Gasteiger partial charge in [-0.05, 0) is 92.1 Å². The number of fused-ring (bicyclic) bond motifs is 1. The van der Waals surface area contributed by atoms with E-state index in [0.29, 0.717) is 37.1 Å². The number of halogens is 2. The van der Waals surface area contributed by atoms with Crippen molar-refractivity contribution in [3.63, 3.8) is 0 Å². The van der Waals surface area contributed by atoms with Crippen molar-refractivity contribution in [2.75, 3.05) is 32.7 Å². The number of imidazole rings is 1. The van der Waals surface area contributed by atoms with Crippen LogP contribution in [0.15, 0.2) is 85.3 Å². The minimum absolute atomic E-state index is 0.00397. The summed E-state index contributed by atoms with van der Waals surface area (Å²) in [5, 5.41) is 9.39. The SMILES string of the molecule is O=C(N[C@H]1CC[C@H](NC(=O)c2cc(F)cnc2Oc2cccc(-c3ccc(CCCN4CCNCC4)cc3)c2)CC1)c1cn2cc(F)ccc2n1. The fraction of sp³-hybridized carbons (Fsp3) is 0.333. The first-order valence-electron chi connectivity index (χ1n) is 17.6. The van der Waals surface area contributed by atoms with Gasteiger partial charge in [0.05, 0.1) is 6.20 Å². The van der Waals surface area contributed by atoms with Crippen molar-refractivity contribution in [2.45, 2.75) is 50.6 Å². The maximum absolute atomic E-state index is 14.3. The van der Waals surface area contributed by atoms with E-state index in [-0.39, 0.29) is 35.1 Å². The molecule has 2 amide bonds. The summed E-state index contributed by atoms with van der Waals surface area (Å²) in [6.07, 6.45) is 8.44. The number of aryl methyl sites for hydroxylation is 1. The molecule has 1 saturated carbocycles. The highest BCUT2D eigenvalue weighted by molar-refractivity contribution is 5.96. The van der Waals surface area contributed by atoms with Gasteiger partial charge in [0, 0.05) is 50.7 Å². The third kappa shape index (κ3) is 8.76. The van der Waals surface area contributed by atoms with E-state index in [0.717, 1.165) is 69.0 Å². The van der Waals surface area contributed by atoms with Crippen molar-refractivity contribution < 1.29 is 23.1 Å². The van der Waals surface area contributed by atoms with Gasteiger partial charge in [-0.15, -0.1) is 0 Å². The van der Waals surface area contributed by atoms with Crippen molar-refractivity contribution in [1.82, 2.24) is 35.2 Å². The first-order valence-corrected chi connectivity index (χ1v) is 17.6. The molecule has 1 aliphatic heterocycles. The van der Waals surface area contributed by atoms with Crippen LogP contribution in [0.3, 0.4) is 0 Å². The Morgan fingerprint density at radius 1 is 0.843 bits per heavy atom. The number of aromatic nitrogens is 3. The van der Waals surface area contributed by atoms with Crippen LogP contribution in [0.2, 0.25) is 0 Å². The minimum atomic E-state index is -0.643. The fourth-order valence-corrected chi connectivity index (χ4v) is 6.81. The predicted octanol–water partition coefficient (Wildman–Crippen LogP) is 5.78. The average Bonchev–Trinajstić information content (AvgIpc) is 3.58. The molecule has 1 aliphatic carbocycles. The highest BCUT2D eigenvalue weighted by atomic mass is 19.1. The van der Waals surface area contributed by atoms with Gasteiger partial charge in [0.25, 0.3) is 11.8 Å². The average molecular weight is 694 g/mol. The van der Waals surface area contributed by atoms with Gasteiger partial charge in [-0.3, -0.25) is 9.59 Å². The van der Waals surface area contributed by atoms with Crippen molar-refractivity contribution in [2.24, 2.45) is 0 Å². The number of pyridine rings is 2. The molecule has 51 heavy (non-hydrogen) atoms. The summed E-state index contributed by atoms with van der Waals surface area (Å²) in [7, 11) is 0. The summed E-state index contributed by atoms with van der Waals surface area (Å²) in [4.78, 5) is 37.1. The summed E-state index contributed by atoms with van der Waals surface area (Å²) >= 11 is 0. The van der Waals surface area contributed by atoms with E-state index < -0.39 is 17.5 Å². The molecule has 0 atom stereocenters. The summed E-state index contributed by atoms with van der Waals surface area (Å²) < 4.78 is 35.4. The second-order valence-corrected chi connectivity index (χ2v) is 13.3. The number of hydrogen-bond donors (Lipinski definition) is 3. The monoisotopic (exact) mass is 693 g/mol. The summed E-state index contributed by atoms with van der Waals surface area (Å²) in [5.41, 5.74) is 3.98. The van der Waals surface area contributed by atoms with Crippen LogP contribution in [-0.4, -0.2) is 75.9 Å². The molecule has 264 valence electrons. The molecule has 0 radical (unpaired) electrons. The molecule has 2 aliphatic rings. The normalized spacial score (nSPS) is 18.0. The van der Waals surface area contributed by atoms with Gasteiger partial charge in [-0.25, -0.2) is 18.7 Å². The number of carbonyl (C=O) groups is 2. The van der Waals surface area contributed by atoms with Crippen LogP contribution >= 0.6 is 0 Å². The Morgan fingerprint density at radius 2 is 1.59 bits per heavy atom. The summed E-state index contributed by atoms with van der Waals surface area (Å²) in [6, 6.07) is 19.7. The van der Waals surface area contributed by atoms with E-state index >= 15 is 0 Å². The Bertz CT molecular complexity index is 1990. The van der Waals surface area contributed by atoms with Crippen LogP contribution in [-0.2, 0) is 6.42 Å². The molecule has 3 aromatic heterocycles. The van der Waals surface area contributed by atoms with Gasteiger partial charge in [-0.1, -0.05) is 36.4 Å². The topological polar surface area (TPSA) is 113 Å². The first kappa shape index (κ1) is 34.3. The van der Waals surface area contributed by atoms with E-state index in [4.69, 9.17) is 4.74 Å². The molecule has 0 unspecified atom stereocenters. The van der Waals surface area contributed by atoms with E-state index in [1.807, 2.05) is 18.2 Å². The lowest BCUT2D eigenvalue weighted by Crippen LogP contribution is -2.44. The number of carbonyl (C=O) groups excluding carboxylic acids is 2. The number of benzene rings is 2. The number of nitrogens with one attached hydrogen (secondary N) is 3. The maximum atomic E-state index is 14.3. The number of hydrogen-bond acceptors (Lipinski definition) is 7. The van der Waals surface area contributed by atoms with Gasteiger partial charge >= 0.3 is 0 Å². The third-order valence-corrected chi connectivity index (χ3v) is 9.59. The zero-order valence-electron chi connectivity index (χ0n) is 28.3. The molecule has 4 heterocycles. The van der Waals surface area contributed by atoms with Gasteiger partial charge in [0.1, 0.15) is 34.3 Å². The smallest absolute Gasteiger partial charge is 0.271 e. The molecule has 0 bridgehead atoms. The molecule has 0 spiro atoms. The Morgan fingerprint density at radius 3 is 2.35 bits per heavy atom. The van der Waals surface area contributed by atoms with Gasteiger partial charge in [-0.2, -0.15) is 0 Å². The zero-order chi connectivity index (χ0) is 35.2. The second kappa shape index (κ2) is 15.8. The lowest BCUT2D eigenvalue weighted by Gasteiger charge is -2.29. The lowest BCUT2D eigenvalue weighted by molar-refractivity contribution is 0.0888. The third-order valence-electron chi connectivity index (χ3n) is 9.59. The molecule has 12 heteroatoms. The maximum Gasteiger partial charge on any atom is 0.271 e. The number of rotatable bonds is 11. The fourth-order valence-electron chi connectivity index (χ4n) is 6.81. The minimum Gasteiger partial charge on any atom is -0.438 e. The molecule has 2 fully saturated rings. The number of ether oxygens (including phenoxy) is 1. The number of nitrogens with zero attached hydrogens (tertiary/aromatic N) is 4. The van der Waals surface area contributed by atoms with Gasteiger partial charge in [0.2, 0.25) is 5.88 Å². The molecular formula is C39H41F2N7O3. The molecule has 3 N–H and O–H groups in total. The molecular weight excluding hydrogens is 652 g/mol. The Kier molecular flexibility index (Phi) is 10.6. The van der Waals surface area contributed by atoms with E-state index in [9.17, 15) is 18.4 Å². The van der Waals surface area contributed by atoms with Crippen LogP contribution < -0.4 is 20.7 Å². The largest absolute Gasteiger partial charge is 0.438 e. The number of amides is 2. The highest BCUT2D eigenvalue weighted by Crippen LogP contribution is 2.29. The second-order valence-electron chi connectivity index (χ2n) is 13.3. The standard InChI is InChI=1S/C39H41F2N7O3/c40-29-10-15-36-46-35(25-48(36)24-29)38(50)45-32-13-11-31(12-14-32)44-37(49)34-22-30(41)23-43-39(34)51-33-5-1-4-28(21-33)27-8-6-26(7-9-27)3-2-18-47-19-16-42-17-20-47/h1,4-10,15,21-25,31-32,42H,2-3,11-14,16-20H2,(H,44,49)(H,45,50)/t31-,32-. The van der Waals surface area contributed by atoms with E-state index in [1.165, 1.54) is 34.5 Å². The van der Waals surface area contributed by atoms with E-state index in [2.05, 4.69) is 55.1 Å². The predicted molar refractivity (Wildman–Crippen MR) is 190 cm³/mol. The Balaban J connectivity index is 0.927. The first-order chi connectivity index (χ1) is 24.9. The van der Waals surface area contributed by atoms with Crippen LogP contribution in [0.5, 0.6) is 11.6 Å². The van der Waals surface area contributed by atoms with Crippen LogP contribution in [0.1, 0.15) is 58.5 Å². The van der Waals surface area contributed by atoms with Crippen molar-refractivity contribution in [3.05, 3.63) is 114 Å². The Hall–Kier alpha value is -5.20. The molecule has 5 aromatic rings.